The van der Waals surface area contributed by atoms with Crippen molar-refractivity contribution in [3.63, 3.8) is 0 Å². The van der Waals surface area contributed by atoms with Gasteiger partial charge in [0.1, 0.15) is 0 Å². The molecule has 2 rings (SSSR count). The maximum atomic E-state index is 11.0. The monoisotopic (exact) mass is 150 g/mol. The summed E-state index contributed by atoms with van der Waals surface area (Å²) in [5, 5.41) is 0. The number of allylic oxidation sites excluding steroid dienone is 2. The van der Waals surface area contributed by atoms with Gasteiger partial charge in [-0.15, -0.1) is 0 Å². The van der Waals surface area contributed by atoms with Crippen molar-refractivity contribution >= 4 is 11.6 Å². The fourth-order valence-electron chi connectivity index (χ4n) is 1.87. The smallest absolute Gasteiger partial charge is 0.198 e. The Labute approximate surface area is 65.3 Å². The summed E-state index contributed by atoms with van der Waals surface area (Å²) in [5.74, 6) is 0.390. The Bertz CT molecular complexity index is 216. The van der Waals surface area contributed by atoms with E-state index >= 15 is 0 Å². The quantitative estimate of drug-likeness (QED) is 0.383. The number of hydrogen-bond donors (Lipinski definition) is 0. The average molecular weight is 150 g/mol. The minimum atomic E-state index is -0.165. The second-order valence-electron chi connectivity index (χ2n) is 3.40. The molecule has 0 amide bonds. The Morgan fingerprint density at radius 2 is 1.45 bits per heavy atom. The number of Topliss-reactive ketones (excluding diaryl/α,β-unsaturated/α-hetero) is 2. The summed E-state index contributed by atoms with van der Waals surface area (Å²) in [6.45, 7) is 0. The first kappa shape index (κ1) is 6.77. The molecule has 0 heterocycles. The number of rotatable bonds is 0. The third-order valence-corrected chi connectivity index (χ3v) is 2.47. The minimum absolute atomic E-state index is 0.165. The van der Waals surface area contributed by atoms with Crippen LogP contribution in [0.1, 0.15) is 19.3 Å². The van der Waals surface area contributed by atoms with Gasteiger partial charge in [-0.25, -0.2) is 0 Å². The van der Waals surface area contributed by atoms with Crippen LogP contribution in [0.4, 0.5) is 0 Å². The normalized spacial score (nSPS) is 36.0. The van der Waals surface area contributed by atoms with Gasteiger partial charge in [0.2, 0.25) is 0 Å². The Hall–Kier alpha value is -0.920. The maximum absolute atomic E-state index is 11.0. The molecule has 11 heavy (non-hydrogen) atoms. The Kier molecular flexibility index (Phi) is 1.41. The van der Waals surface area contributed by atoms with Crippen molar-refractivity contribution in [3.05, 3.63) is 12.2 Å². The molecule has 0 aromatic heterocycles. The van der Waals surface area contributed by atoms with Crippen LogP contribution < -0.4 is 0 Å². The molecule has 0 aliphatic heterocycles. The summed E-state index contributed by atoms with van der Waals surface area (Å²) in [5.41, 5.74) is 0. The fourth-order valence-corrected chi connectivity index (χ4v) is 1.87. The van der Waals surface area contributed by atoms with Crippen LogP contribution in [0.25, 0.3) is 0 Å². The third-order valence-electron chi connectivity index (χ3n) is 2.47. The van der Waals surface area contributed by atoms with E-state index in [0.29, 0.717) is 24.7 Å². The molecule has 0 N–H and O–H groups in total. The van der Waals surface area contributed by atoms with E-state index in [1.807, 2.05) is 0 Å². The van der Waals surface area contributed by atoms with Crippen molar-refractivity contribution in [1.82, 2.24) is 0 Å². The summed E-state index contributed by atoms with van der Waals surface area (Å²) in [6, 6.07) is 0. The molecule has 2 heteroatoms. The highest BCUT2D eigenvalue weighted by Crippen LogP contribution is 2.31. The minimum Gasteiger partial charge on any atom is -0.291 e. The highest BCUT2D eigenvalue weighted by atomic mass is 16.2. The van der Waals surface area contributed by atoms with Gasteiger partial charge in [0, 0.05) is 12.8 Å². The molecule has 0 radical (unpaired) electrons. The summed E-state index contributed by atoms with van der Waals surface area (Å²) in [7, 11) is 0. The van der Waals surface area contributed by atoms with Crippen LogP contribution >= 0.6 is 0 Å². The second kappa shape index (κ2) is 2.29. The zero-order valence-corrected chi connectivity index (χ0v) is 6.25. The van der Waals surface area contributed by atoms with Crippen LogP contribution in [0.2, 0.25) is 0 Å². The number of carbonyl (C=O) groups is 2. The molecule has 2 unspecified atom stereocenters. The van der Waals surface area contributed by atoms with Gasteiger partial charge in [-0.3, -0.25) is 9.59 Å². The molecule has 2 nitrogen and oxygen atoms in total. The summed E-state index contributed by atoms with van der Waals surface area (Å²) in [6.07, 6.45) is 6.07. The van der Waals surface area contributed by atoms with E-state index in [4.69, 9.17) is 0 Å². The molecule has 0 spiro atoms. The van der Waals surface area contributed by atoms with Gasteiger partial charge >= 0.3 is 0 Å². The number of hydrogen-bond acceptors (Lipinski definition) is 2. The molecule has 0 aromatic carbocycles. The van der Waals surface area contributed by atoms with Gasteiger partial charge in [0.05, 0.1) is 0 Å². The molecule has 2 aliphatic carbocycles. The molecule has 58 valence electrons. The topological polar surface area (TPSA) is 34.1 Å². The lowest BCUT2D eigenvalue weighted by molar-refractivity contribution is -0.136. The summed E-state index contributed by atoms with van der Waals surface area (Å²) >= 11 is 0. The predicted octanol–water partition coefficient (Wildman–Crippen LogP) is 1.11. The lowest BCUT2D eigenvalue weighted by Gasteiger charge is -2.01. The van der Waals surface area contributed by atoms with Gasteiger partial charge in [-0.1, -0.05) is 12.2 Å². The second-order valence-corrected chi connectivity index (χ2v) is 3.40. The molecular formula is C9H10O2. The third kappa shape index (κ3) is 1.13. The SMILES string of the molecule is O=C1CC2C=CC(CC1=O)C2. The Morgan fingerprint density at radius 1 is 1.00 bits per heavy atom. The van der Waals surface area contributed by atoms with Crippen molar-refractivity contribution in [2.45, 2.75) is 19.3 Å². The van der Waals surface area contributed by atoms with Crippen LogP contribution in [-0.4, -0.2) is 11.6 Å². The number of carbonyl (C=O) groups excluding carboxylic acids is 2. The lowest BCUT2D eigenvalue weighted by atomic mass is 10.0. The lowest BCUT2D eigenvalue weighted by Crippen LogP contribution is -2.14. The molecule has 2 bridgehead atoms. The first-order valence-corrected chi connectivity index (χ1v) is 4.00. The zero-order chi connectivity index (χ0) is 7.84. The Morgan fingerprint density at radius 3 is 1.91 bits per heavy atom. The molecular weight excluding hydrogens is 140 g/mol. The van der Waals surface area contributed by atoms with Crippen LogP contribution in [0, 0.1) is 11.8 Å². The predicted molar refractivity (Wildman–Crippen MR) is 40.0 cm³/mol. The number of fused-ring (bicyclic) bond motifs is 2. The molecule has 1 fully saturated rings. The van der Waals surface area contributed by atoms with Crippen LogP contribution in [0.15, 0.2) is 12.2 Å². The van der Waals surface area contributed by atoms with Gasteiger partial charge in [-0.2, -0.15) is 0 Å². The standard InChI is InChI=1S/C9H10O2/c10-8-4-6-1-2-7(3-6)5-9(8)11/h1-2,6-7H,3-5H2. The molecule has 0 saturated heterocycles. The van der Waals surface area contributed by atoms with Crippen LogP contribution in [0.3, 0.4) is 0 Å². The highest BCUT2D eigenvalue weighted by Gasteiger charge is 2.30. The fraction of sp³-hybridized carbons (Fsp3) is 0.556. The first-order valence-electron chi connectivity index (χ1n) is 4.00. The van der Waals surface area contributed by atoms with E-state index in [1.54, 1.807) is 0 Å². The van der Waals surface area contributed by atoms with E-state index in [9.17, 15) is 9.59 Å². The summed E-state index contributed by atoms with van der Waals surface area (Å²) in [4.78, 5) is 22.0. The van der Waals surface area contributed by atoms with Crippen molar-refractivity contribution in [3.8, 4) is 0 Å². The molecule has 1 saturated carbocycles. The molecule has 2 atom stereocenters. The van der Waals surface area contributed by atoms with E-state index in [2.05, 4.69) is 12.2 Å². The van der Waals surface area contributed by atoms with Gasteiger partial charge in [0.25, 0.3) is 0 Å². The van der Waals surface area contributed by atoms with Crippen molar-refractivity contribution < 1.29 is 9.59 Å². The van der Waals surface area contributed by atoms with Crippen molar-refractivity contribution in [2.75, 3.05) is 0 Å². The van der Waals surface area contributed by atoms with E-state index in [0.717, 1.165) is 6.42 Å². The Balaban J connectivity index is 2.23. The zero-order valence-electron chi connectivity index (χ0n) is 6.25. The van der Waals surface area contributed by atoms with Crippen molar-refractivity contribution in [1.29, 1.82) is 0 Å². The van der Waals surface area contributed by atoms with Gasteiger partial charge < -0.3 is 0 Å². The first-order chi connectivity index (χ1) is 5.25. The van der Waals surface area contributed by atoms with Gasteiger partial charge in [0.15, 0.2) is 11.6 Å². The van der Waals surface area contributed by atoms with Crippen LogP contribution in [-0.2, 0) is 9.59 Å². The van der Waals surface area contributed by atoms with E-state index in [1.165, 1.54) is 0 Å². The number of ketones is 2. The molecule has 2 aliphatic rings. The van der Waals surface area contributed by atoms with Crippen molar-refractivity contribution in [2.24, 2.45) is 11.8 Å². The van der Waals surface area contributed by atoms with Gasteiger partial charge in [-0.05, 0) is 18.3 Å². The van der Waals surface area contributed by atoms with E-state index in [-0.39, 0.29) is 11.6 Å². The largest absolute Gasteiger partial charge is 0.291 e. The average Bonchev–Trinajstić information content (AvgIpc) is 2.30. The summed E-state index contributed by atoms with van der Waals surface area (Å²) < 4.78 is 0. The molecule has 0 aromatic rings. The highest BCUT2D eigenvalue weighted by molar-refractivity contribution is 6.37. The van der Waals surface area contributed by atoms with E-state index < -0.39 is 0 Å². The maximum Gasteiger partial charge on any atom is 0.198 e. The van der Waals surface area contributed by atoms with Crippen LogP contribution in [0.5, 0.6) is 0 Å².